The van der Waals surface area contributed by atoms with Gasteiger partial charge < -0.3 is 9.32 Å². The summed E-state index contributed by atoms with van der Waals surface area (Å²) in [4.78, 5) is 14.9. The highest BCUT2D eigenvalue weighted by Crippen LogP contribution is 2.30. The molecule has 0 atom stereocenters. The molecule has 0 fully saturated rings. The lowest BCUT2D eigenvalue weighted by atomic mass is 10.2. The quantitative estimate of drug-likeness (QED) is 0.371. The number of benzene rings is 2. The standard InChI is InChI=1S/C24H24N4O2S/c1-4-27(21-13-9-8-10-17(21)2)22(29)16-31-24-26-25-23(20-14-15-30-18(20)3)28(24)19-11-6-5-7-12-19/h5-15H,4,16H2,1-3H3. The minimum Gasteiger partial charge on any atom is -0.469 e. The predicted molar refractivity (Wildman–Crippen MR) is 124 cm³/mol. The number of anilines is 1. The number of para-hydroxylation sites is 2. The summed E-state index contributed by atoms with van der Waals surface area (Å²) in [7, 11) is 0. The Hall–Kier alpha value is -3.32. The van der Waals surface area contributed by atoms with Crippen molar-refractivity contribution in [3.63, 3.8) is 0 Å². The van der Waals surface area contributed by atoms with Crippen molar-refractivity contribution < 1.29 is 9.21 Å². The lowest BCUT2D eigenvalue weighted by Gasteiger charge is -2.22. The van der Waals surface area contributed by atoms with E-state index in [9.17, 15) is 4.79 Å². The van der Waals surface area contributed by atoms with E-state index in [0.717, 1.165) is 28.3 Å². The molecule has 7 heteroatoms. The molecular formula is C24H24N4O2S. The van der Waals surface area contributed by atoms with Crippen LogP contribution in [-0.4, -0.2) is 33.0 Å². The summed E-state index contributed by atoms with van der Waals surface area (Å²) in [6.45, 7) is 6.51. The highest BCUT2D eigenvalue weighted by Gasteiger charge is 2.21. The Balaban J connectivity index is 1.63. The second-order valence-corrected chi connectivity index (χ2v) is 8.02. The van der Waals surface area contributed by atoms with Gasteiger partial charge in [0.15, 0.2) is 11.0 Å². The topological polar surface area (TPSA) is 64.2 Å². The molecule has 0 unspecified atom stereocenters. The molecule has 6 nitrogen and oxygen atoms in total. The van der Waals surface area contributed by atoms with Crippen LogP contribution in [0.1, 0.15) is 18.2 Å². The maximum Gasteiger partial charge on any atom is 0.237 e. The lowest BCUT2D eigenvalue weighted by molar-refractivity contribution is -0.116. The number of rotatable bonds is 7. The van der Waals surface area contributed by atoms with Gasteiger partial charge in [-0.05, 0) is 50.6 Å². The van der Waals surface area contributed by atoms with Crippen molar-refractivity contribution >= 4 is 23.4 Å². The van der Waals surface area contributed by atoms with E-state index in [1.165, 1.54) is 11.8 Å². The van der Waals surface area contributed by atoms with Crippen molar-refractivity contribution in [3.05, 3.63) is 78.3 Å². The summed E-state index contributed by atoms with van der Waals surface area (Å²) < 4.78 is 7.45. The predicted octanol–water partition coefficient (Wildman–Crippen LogP) is 5.29. The van der Waals surface area contributed by atoms with E-state index < -0.39 is 0 Å². The molecule has 0 N–H and O–H groups in total. The zero-order chi connectivity index (χ0) is 21.8. The first-order valence-corrected chi connectivity index (χ1v) is 11.1. The number of nitrogens with zero attached hydrogens (tertiary/aromatic N) is 4. The number of aromatic nitrogens is 3. The van der Waals surface area contributed by atoms with Gasteiger partial charge in [-0.15, -0.1) is 10.2 Å². The average Bonchev–Trinajstić information content (AvgIpc) is 3.40. The summed E-state index contributed by atoms with van der Waals surface area (Å²) >= 11 is 1.39. The van der Waals surface area contributed by atoms with E-state index in [-0.39, 0.29) is 11.7 Å². The zero-order valence-corrected chi connectivity index (χ0v) is 18.6. The van der Waals surface area contributed by atoms with Gasteiger partial charge in [-0.3, -0.25) is 9.36 Å². The largest absolute Gasteiger partial charge is 0.469 e. The van der Waals surface area contributed by atoms with Crippen molar-refractivity contribution in [1.82, 2.24) is 14.8 Å². The number of hydrogen-bond donors (Lipinski definition) is 0. The number of amides is 1. The van der Waals surface area contributed by atoms with Crippen LogP contribution < -0.4 is 4.90 Å². The minimum atomic E-state index is 0.0328. The molecule has 0 aliphatic rings. The molecule has 0 aliphatic carbocycles. The molecule has 4 aromatic rings. The molecule has 1 amide bonds. The van der Waals surface area contributed by atoms with E-state index in [0.29, 0.717) is 17.5 Å². The third-order valence-corrected chi connectivity index (χ3v) is 6.01. The van der Waals surface area contributed by atoms with Crippen LogP contribution in [0.3, 0.4) is 0 Å². The molecule has 0 spiro atoms. The van der Waals surface area contributed by atoms with Gasteiger partial charge in [-0.1, -0.05) is 48.2 Å². The second-order valence-electron chi connectivity index (χ2n) is 7.08. The van der Waals surface area contributed by atoms with E-state index in [1.54, 1.807) is 6.26 Å². The van der Waals surface area contributed by atoms with Crippen LogP contribution in [0.15, 0.2) is 76.5 Å². The Labute approximate surface area is 185 Å². The molecule has 0 aliphatic heterocycles. The van der Waals surface area contributed by atoms with Gasteiger partial charge in [0.05, 0.1) is 17.6 Å². The summed E-state index contributed by atoms with van der Waals surface area (Å²) in [6.07, 6.45) is 1.65. The zero-order valence-electron chi connectivity index (χ0n) is 17.8. The molecule has 31 heavy (non-hydrogen) atoms. The van der Waals surface area contributed by atoms with Gasteiger partial charge in [0.2, 0.25) is 5.91 Å². The first kappa shape index (κ1) is 20.9. The number of aryl methyl sites for hydroxylation is 2. The van der Waals surface area contributed by atoms with Gasteiger partial charge in [-0.25, -0.2) is 0 Å². The Kier molecular flexibility index (Phi) is 6.23. The van der Waals surface area contributed by atoms with Crippen molar-refractivity contribution in [1.29, 1.82) is 0 Å². The molecule has 2 aromatic heterocycles. The van der Waals surface area contributed by atoms with Gasteiger partial charge in [0, 0.05) is 17.9 Å². The van der Waals surface area contributed by atoms with Crippen LogP contribution in [-0.2, 0) is 4.79 Å². The van der Waals surface area contributed by atoms with E-state index in [2.05, 4.69) is 10.2 Å². The molecule has 0 saturated heterocycles. The Bertz CT molecular complexity index is 1180. The monoisotopic (exact) mass is 432 g/mol. The number of hydrogen-bond acceptors (Lipinski definition) is 5. The Morgan fingerprint density at radius 2 is 1.77 bits per heavy atom. The lowest BCUT2D eigenvalue weighted by Crippen LogP contribution is -2.32. The molecule has 4 rings (SSSR count). The fourth-order valence-corrected chi connectivity index (χ4v) is 4.34. The Morgan fingerprint density at radius 3 is 2.45 bits per heavy atom. The van der Waals surface area contributed by atoms with Crippen molar-refractivity contribution in [3.8, 4) is 17.1 Å². The number of furan rings is 1. The van der Waals surface area contributed by atoms with E-state index in [4.69, 9.17) is 4.42 Å². The molecule has 158 valence electrons. The molecular weight excluding hydrogens is 408 g/mol. The maximum absolute atomic E-state index is 13.1. The Morgan fingerprint density at radius 1 is 1.03 bits per heavy atom. The smallest absolute Gasteiger partial charge is 0.237 e. The third kappa shape index (κ3) is 4.27. The molecule has 2 heterocycles. The van der Waals surface area contributed by atoms with E-state index >= 15 is 0 Å². The summed E-state index contributed by atoms with van der Waals surface area (Å²) in [5.41, 5.74) is 3.83. The van der Waals surface area contributed by atoms with Crippen molar-refractivity contribution in [2.24, 2.45) is 0 Å². The fourth-order valence-electron chi connectivity index (χ4n) is 3.52. The van der Waals surface area contributed by atoms with Crippen LogP contribution >= 0.6 is 11.8 Å². The number of carbonyl (C=O) groups excluding carboxylic acids is 1. The first-order valence-electron chi connectivity index (χ1n) is 10.1. The van der Waals surface area contributed by atoms with Crippen LogP contribution in [0.5, 0.6) is 0 Å². The second kappa shape index (κ2) is 9.22. The van der Waals surface area contributed by atoms with E-state index in [1.807, 2.05) is 90.9 Å². The summed E-state index contributed by atoms with van der Waals surface area (Å²) in [5.74, 6) is 1.76. The van der Waals surface area contributed by atoms with Gasteiger partial charge in [0.1, 0.15) is 5.76 Å². The van der Waals surface area contributed by atoms with Crippen LogP contribution in [0.2, 0.25) is 0 Å². The molecule has 0 radical (unpaired) electrons. The number of carbonyl (C=O) groups is 1. The van der Waals surface area contributed by atoms with Crippen LogP contribution in [0, 0.1) is 13.8 Å². The molecule has 0 saturated carbocycles. The fraction of sp³-hybridized carbons (Fsp3) is 0.208. The van der Waals surface area contributed by atoms with Gasteiger partial charge in [0.25, 0.3) is 0 Å². The highest BCUT2D eigenvalue weighted by molar-refractivity contribution is 7.99. The minimum absolute atomic E-state index is 0.0328. The van der Waals surface area contributed by atoms with Crippen molar-refractivity contribution in [2.45, 2.75) is 25.9 Å². The molecule has 0 bridgehead atoms. The summed E-state index contributed by atoms with van der Waals surface area (Å²) in [5, 5.41) is 9.48. The van der Waals surface area contributed by atoms with Gasteiger partial charge in [-0.2, -0.15) is 0 Å². The van der Waals surface area contributed by atoms with Crippen molar-refractivity contribution in [2.75, 3.05) is 17.2 Å². The highest BCUT2D eigenvalue weighted by atomic mass is 32.2. The third-order valence-electron chi connectivity index (χ3n) is 5.10. The summed E-state index contributed by atoms with van der Waals surface area (Å²) in [6, 6.07) is 19.7. The average molecular weight is 433 g/mol. The SMILES string of the molecule is CCN(C(=O)CSc1nnc(-c2ccoc2C)n1-c1ccccc1)c1ccccc1C. The molecule has 2 aromatic carbocycles. The van der Waals surface area contributed by atoms with Crippen LogP contribution in [0.25, 0.3) is 17.1 Å². The first-order chi connectivity index (χ1) is 15.1. The maximum atomic E-state index is 13.1. The van der Waals surface area contributed by atoms with Gasteiger partial charge >= 0.3 is 0 Å². The normalized spacial score (nSPS) is 10.9. The van der Waals surface area contributed by atoms with Crippen LogP contribution in [0.4, 0.5) is 5.69 Å². The number of thioether (sulfide) groups is 1.